The van der Waals surface area contributed by atoms with Crippen LogP contribution in [0.1, 0.15) is 6.42 Å². The zero-order valence-corrected chi connectivity index (χ0v) is 15.6. The second kappa shape index (κ2) is 7.03. The monoisotopic (exact) mass is 454 g/mol. The molecule has 4 nitrogen and oxygen atoms in total. The Hall–Kier alpha value is -1.73. The van der Waals surface area contributed by atoms with E-state index in [-0.39, 0.29) is 30.5 Å². The number of nitrogens with one attached hydrogen (secondary N) is 1. The lowest BCUT2D eigenvalue weighted by Gasteiger charge is -2.17. The van der Waals surface area contributed by atoms with Crippen molar-refractivity contribution in [3.8, 4) is 0 Å². The minimum Gasteiger partial charge on any atom is -0.325 e. The molecule has 1 atom stereocenters. The van der Waals surface area contributed by atoms with E-state index in [9.17, 15) is 14.0 Å². The van der Waals surface area contributed by atoms with Gasteiger partial charge in [0.1, 0.15) is 5.82 Å². The lowest BCUT2D eigenvalue weighted by atomic mass is 10.1. The van der Waals surface area contributed by atoms with Crippen molar-refractivity contribution in [2.75, 3.05) is 16.8 Å². The van der Waals surface area contributed by atoms with E-state index >= 15 is 0 Å². The molecule has 1 N–H and O–H groups in total. The summed E-state index contributed by atoms with van der Waals surface area (Å²) >= 11 is 6.73. The molecule has 0 aliphatic carbocycles. The number of rotatable bonds is 3. The van der Waals surface area contributed by atoms with Gasteiger partial charge in [-0.3, -0.25) is 9.59 Å². The number of halogens is 3. The van der Waals surface area contributed by atoms with Crippen LogP contribution in [0.4, 0.5) is 15.8 Å². The smallest absolute Gasteiger partial charge is 0.229 e. The number of hydrogen-bond acceptors (Lipinski definition) is 2. The maximum Gasteiger partial charge on any atom is 0.229 e. The molecule has 0 spiro atoms. The van der Waals surface area contributed by atoms with Crippen molar-refractivity contribution in [3.05, 3.63) is 57.2 Å². The molecule has 1 fully saturated rings. The van der Waals surface area contributed by atoms with Crippen LogP contribution in [-0.2, 0) is 9.59 Å². The van der Waals surface area contributed by atoms with Crippen LogP contribution in [0.5, 0.6) is 0 Å². The molecule has 1 saturated heterocycles. The normalized spacial score (nSPS) is 17.2. The van der Waals surface area contributed by atoms with Crippen LogP contribution < -0.4 is 10.2 Å². The minimum atomic E-state index is -0.521. The molecule has 0 radical (unpaired) electrons. The van der Waals surface area contributed by atoms with Crippen LogP contribution in [0.2, 0.25) is 0 Å². The molecule has 24 heavy (non-hydrogen) atoms. The van der Waals surface area contributed by atoms with Crippen LogP contribution in [0.15, 0.2) is 51.4 Å². The van der Waals surface area contributed by atoms with Crippen molar-refractivity contribution in [2.24, 2.45) is 5.92 Å². The standard InChI is InChI=1S/C17H13Br2FN2O2/c18-11-5-6-14(12(19)8-11)21-17(24)10-7-16(23)22(9-10)15-4-2-1-3-13(15)20/h1-6,8,10H,7,9H2,(H,21,24)/t10-/m1/s1. The number of anilines is 2. The maximum atomic E-state index is 13.9. The highest BCUT2D eigenvalue weighted by molar-refractivity contribution is 9.11. The number of benzene rings is 2. The second-order valence-electron chi connectivity index (χ2n) is 5.47. The van der Waals surface area contributed by atoms with E-state index in [1.165, 1.54) is 11.0 Å². The molecule has 2 amide bonds. The number of carbonyl (C=O) groups is 2. The Balaban J connectivity index is 1.73. The fourth-order valence-electron chi connectivity index (χ4n) is 2.61. The van der Waals surface area contributed by atoms with Crippen molar-refractivity contribution in [2.45, 2.75) is 6.42 Å². The van der Waals surface area contributed by atoms with Crippen molar-refractivity contribution in [1.82, 2.24) is 0 Å². The molecule has 124 valence electrons. The summed E-state index contributed by atoms with van der Waals surface area (Å²) in [5.41, 5.74) is 0.836. The minimum absolute atomic E-state index is 0.0638. The Bertz CT molecular complexity index is 813. The Morgan fingerprint density at radius 1 is 1.21 bits per heavy atom. The average Bonchev–Trinajstić information content (AvgIpc) is 2.92. The van der Waals surface area contributed by atoms with E-state index in [0.717, 1.165) is 8.95 Å². The van der Waals surface area contributed by atoms with Gasteiger partial charge in [0, 0.05) is 21.9 Å². The van der Waals surface area contributed by atoms with Crippen molar-refractivity contribution in [3.63, 3.8) is 0 Å². The lowest BCUT2D eigenvalue weighted by molar-refractivity contribution is -0.122. The SMILES string of the molecule is O=C(Nc1ccc(Br)cc1Br)[C@@H]1CC(=O)N(c2ccccc2F)C1. The van der Waals surface area contributed by atoms with Gasteiger partial charge in [-0.15, -0.1) is 0 Å². The largest absolute Gasteiger partial charge is 0.325 e. The second-order valence-corrected chi connectivity index (χ2v) is 7.24. The summed E-state index contributed by atoms with van der Waals surface area (Å²) in [6.45, 7) is 0.166. The lowest BCUT2D eigenvalue weighted by Crippen LogP contribution is -2.28. The quantitative estimate of drug-likeness (QED) is 0.748. The highest BCUT2D eigenvalue weighted by Gasteiger charge is 2.36. The molecule has 0 unspecified atom stereocenters. The van der Waals surface area contributed by atoms with Gasteiger partial charge in [-0.05, 0) is 46.3 Å². The van der Waals surface area contributed by atoms with Gasteiger partial charge in [0.15, 0.2) is 0 Å². The molecule has 2 aromatic carbocycles. The first-order chi connectivity index (χ1) is 11.5. The maximum absolute atomic E-state index is 13.9. The Morgan fingerprint density at radius 2 is 1.96 bits per heavy atom. The number of amides is 2. The van der Waals surface area contributed by atoms with Crippen LogP contribution in [0.3, 0.4) is 0 Å². The van der Waals surface area contributed by atoms with Gasteiger partial charge in [0.2, 0.25) is 11.8 Å². The van der Waals surface area contributed by atoms with Crippen LogP contribution >= 0.6 is 31.9 Å². The number of hydrogen-bond donors (Lipinski definition) is 1. The van der Waals surface area contributed by atoms with Gasteiger partial charge in [-0.2, -0.15) is 0 Å². The predicted octanol–water partition coefficient (Wildman–Crippen LogP) is 4.34. The molecule has 7 heteroatoms. The molecule has 1 aliphatic rings. The first-order valence-electron chi connectivity index (χ1n) is 7.26. The molecule has 3 rings (SSSR count). The first kappa shape index (κ1) is 17.1. The van der Waals surface area contributed by atoms with E-state index in [1.54, 1.807) is 24.3 Å². The number of para-hydroxylation sites is 1. The van der Waals surface area contributed by atoms with Gasteiger partial charge in [-0.1, -0.05) is 28.1 Å². The molecular weight excluding hydrogens is 443 g/mol. The Labute approximate surface area is 155 Å². The van der Waals surface area contributed by atoms with E-state index in [0.29, 0.717) is 5.69 Å². The zero-order chi connectivity index (χ0) is 17.3. The summed E-state index contributed by atoms with van der Waals surface area (Å²) in [7, 11) is 0. The molecule has 2 aromatic rings. The number of nitrogens with zero attached hydrogens (tertiary/aromatic N) is 1. The van der Waals surface area contributed by atoms with E-state index < -0.39 is 11.7 Å². The fraction of sp³-hybridized carbons (Fsp3) is 0.176. The highest BCUT2D eigenvalue weighted by Crippen LogP contribution is 2.30. The molecule has 0 saturated carbocycles. The van der Waals surface area contributed by atoms with Gasteiger partial charge >= 0.3 is 0 Å². The summed E-state index contributed by atoms with van der Waals surface area (Å²) in [6.07, 6.45) is 0.0638. The number of carbonyl (C=O) groups excluding carboxylic acids is 2. The topological polar surface area (TPSA) is 49.4 Å². The zero-order valence-electron chi connectivity index (χ0n) is 12.4. The summed E-state index contributed by atoms with van der Waals surface area (Å²) in [6, 6.07) is 11.5. The van der Waals surface area contributed by atoms with Crippen molar-refractivity contribution >= 4 is 55.0 Å². The van der Waals surface area contributed by atoms with Gasteiger partial charge in [0.05, 0.1) is 17.3 Å². The third kappa shape index (κ3) is 3.52. The summed E-state index contributed by atoms with van der Waals surface area (Å²) in [5.74, 6) is -1.50. The summed E-state index contributed by atoms with van der Waals surface area (Å²) in [4.78, 5) is 25.9. The summed E-state index contributed by atoms with van der Waals surface area (Å²) in [5, 5.41) is 2.81. The fourth-order valence-corrected chi connectivity index (χ4v) is 3.76. The van der Waals surface area contributed by atoms with Crippen LogP contribution in [-0.4, -0.2) is 18.4 Å². The third-order valence-electron chi connectivity index (χ3n) is 3.83. The van der Waals surface area contributed by atoms with Crippen LogP contribution in [0.25, 0.3) is 0 Å². The van der Waals surface area contributed by atoms with Gasteiger partial charge in [-0.25, -0.2) is 4.39 Å². The van der Waals surface area contributed by atoms with E-state index in [4.69, 9.17) is 0 Å². The van der Waals surface area contributed by atoms with Crippen LogP contribution in [0, 0.1) is 11.7 Å². The summed E-state index contributed by atoms with van der Waals surface area (Å²) < 4.78 is 15.5. The highest BCUT2D eigenvalue weighted by atomic mass is 79.9. The molecule has 1 aliphatic heterocycles. The van der Waals surface area contributed by atoms with Crippen molar-refractivity contribution in [1.29, 1.82) is 0 Å². The van der Waals surface area contributed by atoms with E-state index in [1.807, 2.05) is 12.1 Å². The Morgan fingerprint density at radius 3 is 2.67 bits per heavy atom. The van der Waals surface area contributed by atoms with Gasteiger partial charge < -0.3 is 10.2 Å². The molecule has 0 bridgehead atoms. The average molecular weight is 456 g/mol. The molecule has 1 heterocycles. The van der Waals surface area contributed by atoms with E-state index in [2.05, 4.69) is 37.2 Å². The van der Waals surface area contributed by atoms with Crippen molar-refractivity contribution < 1.29 is 14.0 Å². The first-order valence-corrected chi connectivity index (χ1v) is 8.85. The third-order valence-corrected chi connectivity index (χ3v) is 4.98. The molecular formula is C17H13Br2FN2O2. The Kier molecular flexibility index (Phi) is 5.01. The molecule has 0 aromatic heterocycles. The van der Waals surface area contributed by atoms with Gasteiger partial charge in [0.25, 0.3) is 0 Å². The predicted molar refractivity (Wildman–Crippen MR) is 97.3 cm³/mol.